The Hall–Kier alpha value is -2.36. The van der Waals surface area contributed by atoms with E-state index in [2.05, 4.69) is 10.6 Å². The van der Waals surface area contributed by atoms with Gasteiger partial charge in [-0.1, -0.05) is 12.1 Å². The third-order valence-corrected chi connectivity index (χ3v) is 4.32. The molecule has 0 spiro atoms. The molecule has 1 amide bonds. The number of aryl methyl sites for hydroxylation is 1. The van der Waals surface area contributed by atoms with Gasteiger partial charge in [0.1, 0.15) is 5.82 Å². The number of hydrogen-bond donors (Lipinski definition) is 2. The standard InChI is InChI=1S/C19H21FN2O/c1-13-12-15(20)8-7-14(13)9-11-22-19(23)17-4-2-6-18-16(17)5-3-10-21-18/h2,4,6-8,12,21H,3,5,9-11H2,1H3,(H,22,23). The number of halogens is 1. The molecule has 0 saturated heterocycles. The van der Waals surface area contributed by atoms with Gasteiger partial charge in [-0.15, -0.1) is 0 Å². The van der Waals surface area contributed by atoms with Gasteiger partial charge >= 0.3 is 0 Å². The Kier molecular flexibility index (Phi) is 4.60. The zero-order valence-corrected chi connectivity index (χ0v) is 13.3. The monoisotopic (exact) mass is 312 g/mol. The second-order valence-electron chi connectivity index (χ2n) is 5.94. The highest BCUT2D eigenvalue weighted by Gasteiger charge is 2.16. The predicted molar refractivity (Wildman–Crippen MR) is 90.4 cm³/mol. The van der Waals surface area contributed by atoms with Gasteiger partial charge in [-0.25, -0.2) is 4.39 Å². The number of nitrogens with one attached hydrogen (secondary N) is 2. The van der Waals surface area contributed by atoms with Gasteiger partial charge in [-0.05, 0) is 67.1 Å². The molecule has 0 saturated carbocycles. The fourth-order valence-electron chi connectivity index (χ4n) is 3.07. The van der Waals surface area contributed by atoms with E-state index in [0.717, 1.165) is 47.3 Å². The molecule has 2 aromatic carbocycles. The van der Waals surface area contributed by atoms with Gasteiger partial charge in [0.15, 0.2) is 0 Å². The van der Waals surface area contributed by atoms with Crippen LogP contribution in [0, 0.1) is 12.7 Å². The van der Waals surface area contributed by atoms with Crippen molar-refractivity contribution in [2.75, 3.05) is 18.4 Å². The summed E-state index contributed by atoms with van der Waals surface area (Å²) in [4.78, 5) is 12.4. The average molecular weight is 312 g/mol. The lowest BCUT2D eigenvalue weighted by Crippen LogP contribution is -2.28. The van der Waals surface area contributed by atoms with Crippen LogP contribution in [0.2, 0.25) is 0 Å². The molecule has 2 N–H and O–H groups in total. The maximum absolute atomic E-state index is 13.1. The first-order valence-electron chi connectivity index (χ1n) is 8.04. The maximum Gasteiger partial charge on any atom is 0.251 e. The molecule has 3 nitrogen and oxygen atoms in total. The summed E-state index contributed by atoms with van der Waals surface area (Å²) in [6.45, 7) is 3.39. The molecular formula is C19H21FN2O. The van der Waals surface area contributed by atoms with E-state index in [1.807, 2.05) is 25.1 Å². The summed E-state index contributed by atoms with van der Waals surface area (Å²) in [5.41, 5.74) is 4.90. The van der Waals surface area contributed by atoms with Gasteiger partial charge in [-0.3, -0.25) is 4.79 Å². The molecule has 0 aromatic heterocycles. The van der Waals surface area contributed by atoms with Crippen LogP contribution in [0.15, 0.2) is 36.4 Å². The summed E-state index contributed by atoms with van der Waals surface area (Å²) in [6, 6.07) is 10.6. The van der Waals surface area contributed by atoms with Crippen molar-refractivity contribution in [2.24, 2.45) is 0 Å². The van der Waals surface area contributed by atoms with E-state index in [1.54, 1.807) is 6.07 Å². The number of hydrogen-bond acceptors (Lipinski definition) is 2. The van der Waals surface area contributed by atoms with Gasteiger partial charge < -0.3 is 10.6 Å². The van der Waals surface area contributed by atoms with E-state index in [1.165, 1.54) is 12.1 Å². The van der Waals surface area contributed by atoms with Crippen molar-refractivity contribution in [2.45, 2.75) is 26.2 Å². The van der Waals surface area contributed by atoms with Gasteiger partial charge in [0.2, 0.25) is 0 Å². The highest BCUT2D eigenvalue weighted by molar-refractivity contribution is 5.97. The minimum Gasteiger partial charge on any atom is -0.385 e. The van der Waals surface area contributed by atoms with Crippen LogP contribution >= 0.6 is 0 Å². The number of carbonyl (C=O) groups is 1. The van der Waals surface area contributed by atoms with Crippen LogP contribution in [0.25, 0.3) is 0 Å². The molecule has 0 fully saturated rings. The molecule has 23 heavy (non-hydrogen) atoms. The van der Waals surface area contributed by atoms with Crippen molar-refractivity contribution in [3.63, 3.8) is 0 Å². The van der Waals surface area contributed by atoms with E-state index in [4.69, 9.17) is 0 Å². The van der Waals surface area contributed by atoms with Crippen molar-refractivity contribution in [1.29, 1.82) is 0 Å². The first-order valence-corrected chi connectivity index (χ1v) is 8.04. The third kappa shape index (κ3) is 3.52. The van der Waals surface area contributed by atoms with Crippen LogP contribution in [0.4, 0.5) is 10.1 Å². The summed E-state index contributed by atoms with van der Waals surface area (Å²) in [6.07, 6.45) is 2.68. The van der Waals surface area contributed by atoms with Crippen LogP contribution in [-0.2, 0) is 12.8 Å². The number of benzene rings is 2. The summed E-state index contributed by atoms with van der Waals surface area (Å²) < 4.78 is 13.1. The van der Waals surface area contributed by atoms with E-state index >= 15 is 0 Å². The highest BCUT2D eigenvalue weighted by atomic mass is 19.1. The van der Waals surface area contributed by atoms with Crippen molar-refractivity contribution in [1.82, 2.24) is 5.32 Å². The first kappa shape index (κ1) is 15.5. The second kappa shape index (κ2) is 6.82. The van der Waals surface area contributed by atoms with Gasteiger partial charge in [0, 0.05) is 24.3 Å². The quantitative estimate of drug-likeness (QED) is 0.907. The molecule has 0 atom stereocenters. The molecule has 0 unspecified atom stereocenters. The lowest BCUT2D eigenvalue weighted by Gasteiger charge is -2.20. The predicted octanol–water partition coefficient (Wildman–Crippen LogP) is 3.46. The molecule has 1 aliphatic heterocycles. The zero-order chi connectivity index (χ0) is 16.2. The minimum absolute atomic E-state index is 0.0367. The summed E-state index contributed by atoms with van der Waals surface area (Å²) in [5.74, 6) is -0.260. The SMILES string of the molecule is Cc1cc(F)ccc1CCNC(=O)c1cccc2c1CCCN2. The molecule has 0 radical (unpaired) electrons. The maximum atomic E-state index is 13.1. The Morgan fingerprint density at radius 3 is 3.00 bits per heavy atom. The molecule has 2 aromatic rings. The minimum atomic E-state index is -0.223. The molecular weight excluding hydrogens is 291 g/mol. The first-order chi connectivity index (χ1) is 11.1. The van der Waals surface area contributed by atoms with Gasteiger partial charge in [-0.2, -0.15) is 0 Å². The lowest BCUT2D eigenvalue weighted by atomic mass is 9.97. The van der Waals surface area contributed by atoms with E-state index < -0.39 is 0 Å². The molecule has 3 rings (SSSR count). The second-order valence-corrected chi connectivity index (χ2v) is 5.94. The van der Waals surface area contributed by atoms with Crippen molar-refractivity contribution in [3.05, 3.63) is 64.5 Å². The van der Waals surface area contributed by atoms with E-state index in [0.29, 0.717) is 13.0 Å². The molecule has 1 heterocycles. The van der Waals surface area contributed by atoms with Crippen LogP contribution < -0.4 is 10.6 Å². The Labute approximate surface area is 135 Å². The lowest BCUT2D eigenvalue weighted by molar-refractivity contribution is 0.0953. The number of rotatable bonds is 4. The number of amides is 1. The van der Waals surface area contributed by atoms with E-state index in [-0.39, 0.29) is 11.7 Å². The fourth-order valence-corrected chi connectivity index (χ4v) is 3.07. The topological polar surface area (TPSA) is 41.1 Å². The van der Waals surface area contributed by atoms with Crippen molar-refractivity contribution >= 4 is 11.6 Å². The van der Waals surface area contributed by atoms with Crippen LogP contribution in [0.3, 0.4) is 0 Å². The zero-order valence-electron chi connectivity index (χ0n) is 13.3. The highest BCUT2D eigenvalue weighted by Crippen LogP contribution is 2.25. The Morgan fingerprint density at radius 1 is 1.30 bits per heavy atom. The van der Waals surface area contributed by atoms with E-state index in [9.17, 15) is 9.18 Å². The summed E-state index contributed by atoms with van der Waals surface area (Å²) in [5, 5.41) is 6.32. The summed E-state index contributed by atoms with van der Waals surface area (Å²) >= 11 is 0. The average Bonchev–Trinajstić information content (AvgIpc) is 2.56. The van der Waals surface area contributed by atoms with Crippen LogP contribution in [0.5, 0.6) is 0 Å². The number of fused-ring (bicyclic) bond motifs is 1. The Balaban J connectivity index is 1.64. The molecule has 0 bridgehead atoms. The largest absolute Gasteiger partial charge is 0.385 e. The molecule has 1 aliphatic rings. The normalized spacial score (nSPS) is 13.1. The van der Waals surface area contributed by atoms with Gasteiger partial charge in [0.25, 0.3) is 5.91 Å². The smallest absolute Gasteiger partial charge is 0.251 e. The Bertz CT molecular complexity index is 727. The number of anilines is 1. The third-order valence-electron chi connectivity index (χ3n) is 4.32. The van der Waals surface area contributed by atoms with Crippen molar-refractivity contribution < 1.29 is 9.18 Å². The van der Waals surface area contributed by atoms with Crippen LogP contribution in [0.1, 0.15) is 33.5 Å². The van der Waals surface area contributed by atoms with Crippen LogP contribution in [-0.4, -0.2) is 19.0 Å². The molecule has 4 heteroatoms. The van der Waals surface area contributed by atoms with Gasteiger partial charge in [0.05, 0.1) is 0 Å². The molecule has 0 aliphatic carbocycles. The summed E-state index contributed by atoms with van der Waals surface area (Å²) in [7, 11) is 0. The molecule has 120 valence electrons. The Morgan fingerprint density at radius 2 is 2.17 bits per heavy atom. The van der Waals surface area contributed by atoms with Crippen molar-refractivity contribution in [3.8, 4) is 0 Å². The fraction of sp³-hybridized carbons (Fsp3) is 0.316. The number of carbonyl (C=O) groups excluding carboxylic acids is 1.